The average molecular weight is 480 g/mol. The number of β-amino-alcohol motifs (C(OH)–C–C–N with tert-alkyl or cyclic N) is 1. The summed E-state index contributed by atoms with van der Waals surface area (Å²) in [5.41, 5.74) is 2.28. The number of anilines is 4. The average Bonchev–Trinajstić information content (AvgIpc) is 3.19. The van der Waals surface area contributed by atoms with E-state index in [1.165, 1.54) is 19.0 Å². The highest BCUT2D eigenvalue weighted by Crippen LogP contribution is 2.39. The topological polar surface area (TPSA) is 136 Å². The summed E-state index contributed by atoms with van der Waals surface area (Å²) in [5.74, 6) is 1.77. The lowest BCUT2D eigenvalue weighted by Crippen LogP contribution is -2.41. The number of halogens is 1. The van der Waals surface area contributed by atoms with Gasteiger partial charge < -0.3 is 20.6 Å². The fraction of sp³-hybridized carbons (Fsp3) is 0.318. The molecule has 34 heavy (non-hydrogen) atoms. The molecule has 1 saturated heterocycles. The zero-order valence-electron chi connectivity index (χ0n) is 18.0. The number of hydrogen-bond acceptors (Lipinski definition) is 8. The van der Waals surface area contributed by atoms with Crippen LogP contribution in [0.25, 0.3) is 5.52 Å². The minimum absolute atomic E-state index is 0.222. The molecule has 0 aromatic carbocycles. The molecule has 2 atom stereocenters. The van der Waals surface area contributed by atoms with E-state index in [1.54, 1.807) is 21.7 Å². The van der Waals surface area contributed by atoms with Gasteiger partial charge in [-0.1, -0.05) is 11.6 Å². The number of aromatic amines is 1. The second kappa shape index (κ2) is 8.26. The monoisotopic (exact) mass is 479 g/mol. The minimum atomic E-state index is -0.701. The molecule has 0 radical (unpaired) electrons. The van der Waals surface area contributed by atoms with E-state index in [0.29, 0.717) is 34.2 Å². The number of carbonyl (C=O) groups excluding carboxylic acids is 1. The summed E-state index contributed by atoms with van der Waals surface area (Å²) in [6.07, 6.45) is 6.73. The Bertz CT molecular complexity index is 1370. The minimum Gasteiger partial charge on any atom is -0.391 e. The van der Waals surface area contributed by atoms with Crippen molar-refractivity contribution in [3.63, 3.8) is 0 Å². The Kier molecular flexibility index (Phi) is 5.07. The molecule has 0 bridgehead atoms. The SMILES string of the molecule is O=C(Nc1cnccc1Cl)[C@@H]1C[C@H](O)CN1c1nc(Nc2cc(C3CC3)[nH]n2)c2cccn2n1. The van der Waals surface area contributed by atoms with Gasteiger partial charge in [0.2, 0.25) is 11.9 Å². The lowest BCUT2D eigenvalue weighted by Gasteiger charge is -2.24. The summed E-state index contributed by atoms with van der Waals surface area (Å²) < 4.78 is 1.69. The Morgan fingerprint density at radius 3 is 3.00 bits per heavy atom. The Balaban J connectivity index is 1.30. The molecule has 1 aliphatic carbocycles. The normalized spacial score (nSPS) is 20.1. The Hall–Kier alpha value is -3.70. The van der Waals surface area contributed by atoms with Gasteiger partial charge in [-0.15, -0.1) is 5.10 Å². The van der Waals surface area contributed by atoms with Gasteiger partial charge in [0.1, 0.15) is 11.6 Å². The zero-order valence-corrected chi connectivity index (χ0v) is 18.8. The third kappa shape index (κ3) is 3.93. The lowest BCUT2D eigenvalue weighted by atomic mass is 10.2. The summed E-state index contributed by atoms with van der Waals surface area (Å²) in [4.78, 5) is 23.5. The van der Waals surface area contributed by atoms with Crippen molar-refractivity contribution >= 4 is 46.3 Å². The van der Waals surface area contributed by atoms with Crippen molar-refractivity contribution in [1.82, 2.24) is 29.8 Å². The van der Waals surface area contributed by atoms with E-state index >= 15 is 0 Å². The third-order valence-corrected chi connectivity index (χ3v) is 6.43. The van der Waals surface area contributed by atoms with E-state index in [0.717, 1.165) is 11.2 Å². The summed E-state index contributed by atoms with van der Waals surface area (Å²) >= 11 is 6.17. The number of pyridine rings is 1. The predicted molar refractivity (Wildman–Crippen MR) is 126 cm³/mol. The molecule has 1 amide bonds. The smallest absolute Gasteiger partial charge is 0.247 e. The van der Waals surface area contributed by atoms with Gasteiger partial charge in [-0.25, -0.2) is 4.52 Å². The molecule has 2 aliphatic rings. The van der Waals surface area contributed by atoms with Crippen LogP contribution in [0.3, 0.4) is 0 Å². The summed E-state index contributed by atoms with van der Waals surface area (Å²) in [7, 11) is 0. The third-order valence-electron chi connectivity index (χ3n) is 6.11. The molecular formula is C22H22ClN9O2. The summed E-state index contributed by atoms with van der Waals surface area (Å²) in [6.45, 7) is 0.222. The van der Waals surface area contributed by atoms with Crippen LogP contribution in [0.4, 0.5) is 23.3 Å². The fourth-order valence-corrected chi connectivity index (χ4v) is 4.38. The van der Waals surface area contributed by atoms with Crippen LogP contribution in [-0.4, -0.2) is 59.5 Å². The standard InChI is InChI=1S/C22H22ClN9O2/c23-14-5-6-24-10-16(14)25-21(34)18-8-13(33)11-31(18)22-27-20(17-2-1-7-32(17)30-22)26-19-9-15(28-29-19)12-3-4-12/h1-2,5-7,9-10,12-13,18,33H,3-4,8,11H2,(H,25,34)(H2,26,27,28,29,30)/t13-,18-/m0/s1. The number of aliphatic hydroxyl groups is 1. The van der Waals surface area contributed by atoms with E-state index < -0.39 is 12.1 Å². The zero-order chi connectivity index (χ0) is 23.2. The highest BCUT2D eigenvalue weighted by Gasteiger charge is 2.38. The molecule has 1 aliphatic heterocycles. The summed E-state index contributed by atoms with van der Waals surface area (Å²) in [5, 5.41) is 28.9. The van der Waals surface area contributed by atoms with Gasteiger partial charge in [0.05, 0.1) is 23.0 Å². The number of hydrogen-bond donors (Lipinski definition) is 4. The number of nitrogens with zero attached hydrogens (tertiary/aromatic N) is 6. The van der Waals surface area contributed by atoms with Crippen molar-refractivity contribution in [3.05, 3.63) is 53.6 Å². The molecule has 1 saturated carbocycles. The molecule has 0 unspecified atom stereocenters. The predicted octanol–water partition coefficient (Wildman–Crippen LogP) is 2.70. The largest absolute Gasteiger partial charge is 0.391 e. The number of carbonyl (C=O) groups is 1. The van der Waals surface area contributed by atoms with E-state index in [-0.39, 0.29) is 18.9 Å². The molecule has 0 spiro atoms. The van der Waals surface area contributed by atoms with Crippen molar-refractivity contribution in [2.45, 2.75) is 37.3 Å². The molecule has 4 aromatic rings. The molecule has 4 aromatic heterocycles. The maximum Gasteiger partial charge on any atom is 0.247 e. The van der Waals surface area contributed by atoms with Crippen LogP contribution in [0.1, 0.15) is 30.9 Å². The van der Waals surface area contributed by atoms with Gasteiger partial charge in [0.15, 0.2) is 11.6 Å². The van der Waals surface area contributed by atoms with Crippen molar-refractivity contribution < 1.29 is 9.90 Å². The number of fused-ring (bicyclic) bond motifs is 1. The second-order valence-corrected chi connectivity index (χ2v) is 9.02. The Morgan fingerprint density at radius 2 is 2.18 bits per heavy atom. The molecule has 12 heteroatoms. The number of nitrogens with one attached hydrogen (secondary N) is 3. The first-order valence-corrected chi connectivity index (χ1v) is 11.5. The lowest BCUT2D eigenvalue weighted by molar-refractivity contribution is -0.117. The second-order valence-electron chi connectivity index (χ2n) is 8.61. The van der Waals surface area contributed by atoms with Crippen LogP contribution in [0.2, 0.25) is 5.02 Å². The molecule has 11 nitrogen and oxygen atoms in total. The molecule has 2 fully saturated rings. The Morgan fingerprint density at radius 1 is 1.29 bits per heavy atom. The highest BCUT2D eigenvalue weighted by atomic mass is 35.5. The van der Waals surface area contributed by atoms with Gasteiger partial charge in [-0.05, 0) is 31.0 Å². The number of aromatic nitrogens is 6. The van der Waals surface area contributed by atoms with E-state index in [9.17, 15) is 9.90 Å². The van der Waals surface area contributed by atoms with Gasteiger partial charge in [-0.2, -0.15) is 10.1 Å². The number of H-pyrrole nitrogens is 1. The van der Waals surface area contributed by atoms with Gasteiger partial charge >= 0.3 is 0 Å². The van der Waals surface area contributed by atoms with Crippen molar-refractivity contribution in [1.29, 1.82) is 0 Å². The van der Waals surface area contributed by atoms with Crippen molar-refractivity contribution in [2.24, 2.45) is 0 Å². The first-order chi connectivity index (χ1) is 16.5. The Labute approximate surface area is 199 Å². The van der Waals surface area contributed by atoms with Gasteiger partial charge in [0.25, 0.3) is 0 Å². The molecule has 5 heterocycles. The van der Waals surface area contributed by atoms with Crippen molar-refractivity contribution in [3.8, 4) is 0 Å². The van der Waals surface area contributed by atoms with Crippen LogP contribution in [0, 0.1) is 0 Å². The molecule has 4 N–H and O–H groups in total. The van der Waals surface area contributed by atoms with Crippen LogP contribution in [-0.2, 0) is 4.79 Å². The number of rotatable bonds is 6. The molecule has 6 rings (SSSR count). The summed E-state index contributed by atoms with van der Waals surface area (Å²) in [6, 6.07) is 6.68. The van der Waals surface area contributed by atoms with Crippen LogP contribution in [0.15, 0.2) is 42.9 Å². The van der Waals surface area contributed by atoms with E-state index in [4.69, 9.17) is 16.6 Å². The first-order valence-electron chi connectivity index (χ1n) is 11.1. The van der Waals surface area contributed by atoms with Crippen LogP contribution >= 0.6 is 11.6 Å². The molecular weight excluding hydrogens is 458 g/mol. The van der Waals surface area contributed by atoms with Gasteiger partial charge in [-0.3, -0.25) is 14.9 Å². The van der Waals surface area contributed by atoms with Crippen LogP contribution < -0.4 is 15.5 Å². The quantitative estimate of drug-likeness (QED) is 0.331. The van der Waals surface area contributed by atoms with E-state index in [2.05, 4.69) is 30.9 Å². The highest BCUT2D eigenvalue weighted by molar-refractivity contribution is 6.33. The number of aliphatic hydroxyl groups excluding tert-OH is 1. The van der Waals surface area contributed by atoms with Crippen molar-refractivity contribution in [2.75, 3.05) is 22.1 Å². The van der Waals surface area contributed by atoms with Crippen LogP contribution in [0.5, 0.6) is 0 Å². The van der Waals surface area contributed by atoms with E-state index in [1.807, 2.05) is 24.4 Å². The maximum atomic E-state index is 13.1. The first kappa shape index (κ1) is 20.9. The maximum absolute atomic E-state index is 13.1. The molecule has 174 valence electrons. The van der Waals surface area contributed by atoms with Gasteiger partial charge in [0, 0.05) is 43.0 Å². The number of amides is 1. The fourth-order valence-electron chi connectivity index (χ4n) is 4.23.